The van der Waals surface area contributed by atoms with E-state index in [-0.39, 0.29) is 10.7 Å². The average molecular weight is 321 g/mol. The van der Waals surface area contributed by atoms with Crippen molar-refractivity contribution >= 4 is 21.3 Å². The van der Waals surface area contributed by atoms with Gasteiger partial charge in [0, 0.05) is 38.3 Å². The highest BCUT2D eigenvalue weighted by atomic mass is 32.2. The van der Waals surface area contributed by atoms with Crippen LogP contribution in [0.15, 0.2) is 35.5 Å². The van der Waals surface area contributed by atoms with Gasteiger partial charge < -0.3 is 9.47 Å². The number of rotatable bonds is 5. The minimum absolute atomic E-state index is 0.105. The van der Waals surface area contributed by atoms with Crippen LogP contribution < -0.4 is 4.90 Å². The maximum atomic E-state index is 12.0. The molecule has 0 spiro atoms. The Hall–Kier alpha value is -2.15. The van der Waals surface area contributed by atoms with Gasteiger partial charge in [-0.05, 0) is 25.1 Å². The summed E-state index contributed by atoms with van der Waals surface area (Å²) >= 11 is 0. The normalized spacial score (nSPS) is 11.5. The summed E-state index contributed by atoms with van der Waals surface area (Å²) < 4.78 is 25.8. The highest BCUT2D eigenvalue weighted by Gasteiger charge is 2.18. The van der Waals surface area contributed by atoms with E-state index in [0.717, 1.165) is 12.1 Å². The van der Waals surface area contributed by atoms with Crippen LogP contribution in [0.1, 0.15) is 23.1 Å². The average Bonchev–Trinajstić information content (AvgIpc) is 2.82. The summed E-state index contributed by atoms with van der Waals surface area (Å²) in [4.78, 5) is 17.8. The molecule has 0 fully saturated rings. The van der Waals surface area contributed by atoms with Crippen molar-refractivity contribution in [1.82, 2.24) is 9.55 Å². The van der Waals surface area contributed by atoms with Crippen molar-refractivity contribution in [1.29, 1.82) is 0 Å². The molecule has 0 aliphatic carbocycles. The predicted octanol–water partition coefficient (Wildman–Crippen LogP) is 1.66. The molecule has 7 heteroatoms. The number of aryl methyl sites for hydroxylation is 1. The summed E-state index contributed by atoms with van der Waals surface area (Å²) in [5, 5.41) is 0. The Balaban J connectivity index is 2.48. The highest BCUT2D eigenvalue weighted by Crippen LogP contribution is 2.27. The van der Waals surface area contributed by atoms with Crippen molar-refractivity contribution in [3.63, 3.8) is 0 Å². The zero-order valence-electron chi connectivity index (χ0n) is 13.1. The largest absolute Gasteiger partial charge is 0.366 e. The minimum atomic E-state index is -3.39. The van der Waals surface area contributed by atoms with Crippen LogP contribution in [-0.2, 0) is 23.4 Å². The number of nitrogens with zero attached hydrogens (tertiary/aromatic N) is 3. The smallest absolute Gasteiger partial charge is 0.177 e. The second-order valence-corrected chi connectivity index (χ2v) is 7.31. The Bertz CT molecular complexity index is 809. The van der Waals surface area contributed by atoms with Crippen LogP contribution in [0.4, 0.5) is 5.69 Å². The first kappa shape index (κ1) is 16.2. The summed E-state index contributed by atoms with van der Waals surface area (Å²) in [5.74, 6) is 0.696. The van der Waals surface area contributed by atoms with Crippen LogP contribution in [0.3, 0.4) is 0 Å². The third kappa shape index (κ3) is 3.36. The van der Waals surface area contributed by atoms with E-state index in [0.29, 0.717) is 17.8 Å². The number of carbonyl (C=O) groups excluding carboxylic acids is 1. The van der Waals surface area contributed by atoms with Crippen LogP contribution in [0.5, 0.6) is 0 Å². The second kappa shape index (κ2) is 5.92. The molecule has 0 unspecified atom stereocenters. The lowest BCUT2D eigenvalue weighted by Gasteiger charge is -2.22. The Morgan fingerprint density at radius 1 is 1.36 bits per heavy atom. The molecule has 1 heterocycles. The molecule has 0 N–H and O–H groups in total. The molecule has 118 valence electrons. The molecule has 22 heavy (non-hydrogen) atoms. The zero-order valence-corrected chi connectivity index (χ0v) is 13.9. The number of aromatic nitrogens is 2. The third-order valence-corrected chi connectivity index (χ3v) is 4.62. The van der Waals surface area contributed by atoms with Gasteiger partial charge in [-0.3, -0.25) is 4.79 Å². The van der Waals surface area contributed by atoms with Gasteiger partial charge in [0.1, 0.15) is 5.82 Å². The van der Waals surface area contributed by atoms with Crippen LogP contribution in [0.25, 0.3) is 0 Å². The SMILES string of the molecule is CC(=O)c1ccc(S(C)(=O)=O)c(N(C)Cc2nccn2C)c1. The lowest BCUT2D eigenvalue weighted by Crippen LogP contribution is -2.21. The minimum Gasteiger partial charge on any atom is -0.366 e. The van der Waals surface area contributed by atoms with Crippen molar-refractivity contribution in [2.75, 3.05) is 18.2 Å². The number of sulfone groups is 1. The van der Waals surface area contributed by atoms with E-state index in [1.165, 1.54) is 19.1 Å². The molecule has 0 aliphatic rings. The van der Waals surface area contributed by atoms with Crippen LogP contribution >= 0.6 is 0 Å². The Morgan fingerprint density at radius 3 is 2.55 bits per heavy atom. The number of benzene rings is 1. The fraction of sp³-hybridized carbons (Fsp3) is 0.333. The molecule has 0 saturated carbocycles. The first-order valence-corrected chi connectivity index (χ1v) is 8.61. The third-order valence-electron chi connectivity index (χ3n) is 3.48. The number of hydrogen-bond donors (Lipinski definition) is 0. The van der Waals surface area contributed by atoms with Crippen LogP contribution in [0, 0.1) is 0 Å². The summed E-state index contributed by atoms with van der Waals surface area (Å²) in [6.07, 6.45) is 4.67. The van der Waals surface area contributed by atoms with Crippen molar-refractivity contribution in [3.05, 3.63) is 42.0 Å². The molecule has 1 aromatic heterocycles. The van der Waals surface area contributed by atoms with Gasteiger partial charge in [-0.1, -0.05) is 0 Å². The molecule has 0 radical (unpaired) electrons. The molecule has 0 bridgehead atoms. The Morgan fingerprint density at radius 2 is 2.05 bits per heavy atom. The lowest BCUT2D eigenvalue weighted by molar-refractivity contribution is 0.101. The number of anilines is 1. The summed E-state index contributed by atoms with van der Waals surface area (Å²) in [5.41, 5.74) is 0.979. The molecule has 6 nitrogen and oxygen atoms in total. The van der Waals surface area contributed by atoms with E-state index in [1.54, 1.807) is 24.2 Å². The highest BCUT2D eigenvalue weighted by molar-refractivity contribution is 7.90. The van der Waals surface area contributed by atoms with Crippen molar-refractivity contribution in [2.24, 2.45) is 7.05 Å². The number of hydrogen-bond acceptors (Lipinski definition) is 5. The molecule has 0 aliphatic heterocycles. The zero-order chi connectivity index (χ0) is 16.5. The molecule has 2 aromatic rings. The number of imidazole rings is 1. The van der Waals surface area contributed by atoms with Gasteiger partial charge in [-0.25, -0.2) is 13.4 Å². The number of Topliss-reactive ketones (excluding diaryl/α,β-unsaturated/α-hetero) is 1. The summed E-state index contributed by atoms with van der Waals surface area (Å²) in [6.45, 7) is 1.89. The van der Waals surface area contributed by atoms with E-state index >= 15 is 0 Å². The molecule has 1 aromatic carbocycles. The molecule has 0 amide bonds. The fourth-order valence-corrected chi connectivity index (χ4v) is 3.10. The molecular formula is C15H19N3O3S. The summed E-state index contributed by atoms with van der Waals surface area (Å²) in [6, 6.07) is 4.63. The van der Waals surface area contributed by atoms with E-state index in [1.807, 2.05) is 17.8 Å². The molecule has 2 rings (SSSR count). The number of carbonyl (C=O) groups is 1. The van der Waals surface area contributed by atoms with E-state index < -0.39 is 9.84 Å². The maximum Gasteiger partial charge on any atom is 0.177 e. The Kier molecular flexibility index (Phi) is 4.37. The van der Waals surface area contributed by atoms with Crippen molar-refractivity contribution < 1.29 is 13.2 Å². The van der Waals surface area contributed by atoms with Gasteiger partial charge in [0.05, 0.1) is 17.1 Å². The quantitative estimate of drug-likeness (QED) is 0.783. The van der Waals surface area contributed by atoms with E-state index in [2.05, 4.69) is 4.98 Å². The molecular weight excluding hydrogens is 302 g/mol. The number of ketones is 1. The van der Waals surface area contributed by atoms with Gasteiger partial charge in [0.15, 0.2) is 15.6 Å². The topological polar surface area (TPSA) is 72.3 Å². The molecule has 0 saturated heterocycles. The van der Waals surface area contributed by atoms with Crippen molar-refractivity contribution in [3.8, 4) is 0 Å². The first-order valence-electron chi connectivity index (χ1n) is 6.72. The predicted molar refractivity (Wildman–Crippen MR) is 84.9 cm³/mol. The van der Waals surface area contributed by atoms with Crippen molar-refractivity contribution in [2.45, 2.75) is 18.4 Å². The fourth-order valence-electron chi connectivity index (χ4n) is 2.19. The monoisotopic (exact) mass is 321 g/mol. The maximum absolute atomic E-state index is 12.0. The van der Waals surface area contributed by atoms with Crippen LogP contribution in [-0.4, -0.2) is 37.1 Å². The first-order chi connectivity index (χ1) is 10.2. The summed E-state index contributed by atoms with van der Waals surface area (Å²) in [7, 11) is 0.265. The van der Waals surface area contributed by atoms with E-state index in [9.17, 15) is 13.2 Å². The second-order valence-electron chi connectivity index (χ2n) is 5.32. The van der Waals surface area contributed by atoms with Crippen LogP contribution in [0.2, 0.25) is 0 Å². The van der Waals surface area contributed by atoms with Gasteiger partial charge in [-0.2, -0.15) is 0 Å². The van der Waals surface area contributed by atoms with Gasteiger partial charge in [0.2, 0.25) is 0 Å². The lowest BCUT2D eigenvalue weighted by atomic mass is 10.1. The van der Waals surface area contributed by atoms with Gasteiger partial charge in [0.25, 0.3) is 0 Å². The standard InChI is InChI=1S/C15H19N3O3S/c1-11(19)12-5-6-14(22(4,20)21)13(9-12)18(3)10-15-16-7-8-17(15)2/h5-9H,10H2,1-4H3. The Labute approximate surface area is 130 Å². The van der Waals surface area contributed by atoms with Gasteiger partial charge >= 0.3 is 0 Å². The molecule has 0 atom stereocenters. The van der Waals surface area contributed by atoms with Gasteiger partial charge in [-0.15, -0.1) is 0 Å². The van der Waals surface area contributed by atoms with E-state index in [4.69, 9.17) is 0 Å².